The minimum absolute atomic E-state index is 0.223. The van der Waals surface area contributed by atoms with Crippen molar-refractivity contribution in [3.63, 3.8) is 0 Å². The van der Waals surface area contributed by atoms with Gasteiger partial charge >= 0.3 is 0 Å². The van der Waals surface area contributed by atoms with Crippen molar-refractivity contribution in [2.24, 2.45) is 11.8 Å². The number of benzene rings is 4. The third-order valence-corrected chi connectivity index (χ3v) is 12.7. The summed E-state index contributed by atoms with van der Waals surface area (Å²) in [6, 6.07) is 30.1. The van der Waals surface area contributed by atoms with E-state index < -0.39 is 11.9 Å². The molecule has 0 saturated carbocycles. The Balaban J connectivity index is 0.747. The average Bonchev–Trinajstić information content (AvgIpc) is 3.85. The van der Waals surface area contributed by atoms with Crippen molar-refractivity contribution in [2.75, 3.05) is 44.2 Å². The van der Waals surface area contributed by atoms with E-state index in [-0.39, 0.29) is 17.7 Å². The molecule has 9 rings (SSSR count). The fraction of sp³-hybridized carbons (Fsp3) is 0.370. The van der Waals surface area contributed by atoms with Crippen LogP contribution in [0.1, 0.15) is 86.9 Å². The molecule has 282 valence electrons. The standard InChI is InChI=1S/C46H48N4O5/c1-29-9-20-42(44(52)47-29)50-45(53)40-18-13-35(24-41(40)46(50)54)49-27-33-25-48(26-34(33)28-49)21-5-6-22-55-37-15-10-31(11-16-37)43-38(30-7-3-2-4-8-30)17-12-32-23-36(51)14-19-39(32)43/h2-4,7-8,10-11,13-16,18-19,23-24,33-34,38,42-43,51H,1,5-6,9,12,17,20-22,25-28H2,(H,47,52)/t33-,34+,38-,42?,43+/m1/s1. The predicted molar refractivity (Wildman–Crippen MR) is 212 cm³/mol. The van der Waals surface area contributed by atoms with Gasteiger partial charge in [-0.25, -0.2) is 0 Å². The number of allylic oxidation sites excluding steroid dienone is 1. The van der Waals surface area contributed by atoms with E-state index in [0.29, 0.717) is 59.8 Å². The number of nitrogens with zero attached hydrogens (tertiary/aromatic N) is 3. The molecule has 2 N–H and O–H groups in total. The summed E-state index contributed by atoms with van der Waals surface area (Å²) in [5.74, 6) is 1.85. The molecule has 1 aliphatic carbocycles. The number of ether oxygens (including phenoxy) is 1. The Morgan fingerprint density at radius 3 is 2.29 bits per heavy atom. The van der Waals surface area contributed by atoms with Crippen LogP contribution in [0, 0.1) is 11.8 Å². The van der Waals surface area contributed by atoms with Gasteiger partial charge in [-0.2, -0.15) is 0 Å². The molecule has 3 fully saturated rings. The zero-order valence-electron chi connectivity index (χ0n) is 31.2. The third kappa shape index (κ3) is 6.79. The molecule has 3 saturated heterocycles. The molecule has 4 aromatic rings. The van der Waals surface area contributed by atoms with Crippen molar-refractivity contribution in [1.29, 1.82) is 0 Å². The molecule has 9 heteroatoms. The maximum absolute atomic E-state index is 13.4. The highest BCUT2D eigenvalue weighted by molar-refractivity contribution is 6.23. The molecule has 9 nitrogen and oxygen atoms in total. The van der Waals surface area contributed by atoms with E-state index in [2.05, 4.69) is 82.4 Å². The number of unbranched alkanes of at least 4 members (excludes halogenated alkanes) is 1. The molecule has 0 spiro atoms. The highest BCUT2D eigenvalue weighted by Crippen LogP contribution is 2.47. The molecule has 5 aliphatic rings. The van der Waals surface area contributed by atoms with Crippen LogP contribution >= 0.6 is 0 Å². The van der Waals surface area contributed by atoms with Gasteiger partial charge in [0, 0.05) is 43.5 Å². The lowest BCUT2D eigenvalue weighted by Gasteiger charge is -2.34. The number of hydrogen-bond donors (Lipinski definition) is 2. The van der Waals surface area contributed by atoms with E-state index in [4.69, 9.17) is 4.74 Å². The first-order valence-electron chi connectivity index (χ1n) is 19.9. The molecule has 4 aromatic carbocycles. The van der Waals surface area contributed by atoms with Crippen LogP contribution in [0.25, 0.3) is 0 Å². The van der Waals surface area contributed by atoms with Gasteiger partial charge < -0.3 is 25.0 Å². The highest BCUT2D eigenvalue weighted by Gasteiger charge is 2.45. The van der Waals surface area contributed by atoms with Crippen molar-refractivity contribution in [1.82, 2.24) is 15.1 Å². The molecular weight excluding hydrogens is 689 g/mol. The van der Waals surface area contributed by atoms with Crippen LogP contribution in [-0.2, 0) is 11.2 Å². The molecular formula is C46H48N4O5. The summed E-state index contributed by atoms with van der Waals surface area (Å²) in [5.41, 5.74) is 7.52. The topological polar surface area (TPSA) is 102 Å². The molecule has 5 atom stereocenters. The number of phenols is 1. The van der Waals surface area contributed by atoms with E-state index in [9.17, 15) is 19.5 Å². The van der Waals surface area contributed by atoms with Crippen LogP contribution in [0.2, 0.25) is 0 Å². The number of carbonyl (C=O) groups is 3. The van der Waals surface area contributed by atoms with Gasteiger partial charge in [-0.05, 0) is 128 Å². The van der Waals surface area contributed by atoms with Crippen molar-refractivity contribution in [3.8, 4) is 11.5 Å². The quantitative estimate of drug-likeness (QED) is 0.135. The van der Waals surface area contributed by atoms with Gasteiger partial charge in [-0.1, -0.05) is 55.1 Å². The van der Waals surface area contributed by atoms with E-state index in [1.54, 1.807) is 6.07 Å². The Bertz CT molecular complexity index is 2120. The maximum Gasteiger partial charge on any atom is 0.262 e. The first-order valence-corrected chi connectivity index (χ1v) is 19.9. The monoisotopic (exact) mass is 736 g/mol. The number of phenolic OH excluding ortho intramolecular Hbond substituents is 1. The van der Waals surface area contributed by atoms with Crippen molar-refractivity contribution >= 4 is 23.4 Å². The Kier molecular flexibility index (Phi) is 9.42. The van der Waals surface area contributed by atoms with Crippen LogP contribution in [0.3, 0.4) is 0 Å². The van der Waals surface area contributed by atoms with Gasteiger partial charge in [0.2, 0.25) is 5.91 Å². The summed E-state index contributed by atoms with van der Waals surface area (Å²) < 4.78 is 6.21. The Hall–Kier alpha value is -5.41. The van der Waals surface area contributed by atoms with Gasteiger partial charge in [-0.15, -0.1) is 0 Å². The Morgan fingerprint density at radius 1 is 0.764 bits per heavy atom. The number of likely N-dealkylation sites (tertiary alicyclic amines) is 1. The van der Waals surface area contributed by atoms with Gasteiger partial charge in [0.25, 0.3) is 11.8 Å². The van der Waals surface area contributed by atoms with Gasteiger partial charge in [-0.3, -0.25) is 19.3 Å². The smallest absolute Gasteiger partial charge is 0.262 e. The fourth-order valence-electron chi connectivity index (χ4n) is 9.90. The zero-order chi connectivity index (χ0) is 37.6. The summed E-state index contributed by atoms with van der Waals surface area (Å²) in [6.07, 6.45) is 5.02. The lowest BCUT2D eigenvalue weighted by Crippen LogP contribution is -2.51. The van der Waals surface area contributed by atoms with Crippen LogP contribution in [0.15, 0.2) is 103 Å². The molecule has 4 aliphatic heterocycles. The average molecular weight is 737 g/mol. The molecule has 1 unspecified atom stereocenters. The van der Waals surface area contributed by atoms with Crippen LogP contribution in [-0.4, -0.2) is 78.0 Å². The van der Waals surface area contributed by atoms with E-state index in [1.807, 2.05) is 24.3 Å². The second kappa shape index (κ2) is 14.7. The van der Waals surface area contributed by atoms with E-state index in [0.717, 1.165) is 74.7 Å². The minimum atomic E-state index is -0.797. The SMILES string of the molecule is C=C1CCC(N2C(=O)c3ccc(N4C[C@H]5CN(CCCCOc6ccc([C@@H]7c8ccc(O)cc8CC[C@@H]7c7ccccc7)cc6)C[C@H]5C4)cc3C2=O)C(=O)N1. The molecule has 0 radical (unpaired) electrons. The maximum atomic E-state index is 13.4. The van der Waals surface area contributed by atoms with Gasteiger partial charge in [0.15, 0.2) is 0 Å². The summed E-state index contributed by atoms with van der Waals surface area (Å²) in [7, 11) is 0. The summed E-state index contributed by atoms with van der Waals surface area (Å²) in [4.78, 5) is 45.3. The van der Waals surface area contributed by atoms with Gasteiger partial charge in [0.1, 0.15) is 17.5 Å². The predicted octanol–water partition coefficient (Wildman–Crippen LogP) is 6.87. The first-order chi connectivity index (χ1) is 26.8. The zero-order valence-corrected chi connectivity index (χ0v) is 31.2. The molecule has 0 aromatic heterocycles. The summed E-state index contributed by atoms with van der Waals surface area (Å²) in [5, 5.41) is 12.9. The molecule has 55 heavy (non-hydrogen) atoms. The van der Waals surface area contributed by atoms with E-state index in [1.165, 1.54) is 22.3 Å². The van der Waals surface area contributed by atoms with Crippen LogP contribution < -0.4 is 15.0 Å². The highest BCUT2D eigenvalue weighted by atomic mass is 16.5. The minimum Gasteiger partial charge on any atom is -0.508 e. The van der Waals surface area contributed by atoms with E-state index >= 15 is 0 Å². The van der Waals surface area contributed by atoms with Gasteiger partial charge in [0.05, 0.1) is 17.7 Å². The van der Waals surface area contributed by atoms with Crippen molar-refractivity contribution < 1.29 is 24.2 Å². The number of anilines is 1. The summed E-state index contributed by atoms with van der Waals surface area (Å²) in [6.45, 7) is 9.54. The summed E-state index contributed by atoms with van der Waals surface area (Å²) >= 11 is 0. The van der Waals surface area contributed by atoms with Crippen molar-refractivity contribution in [3.05, 3.63) is 137 Å². The lowest BCUT2D eigenvalue weighted by atomic mass is 9.69. The normalized spacial score (nSPS) is 24.8. The second-order valence-corrected chi connectivity index (χ2v) is 16.1. The Morgan fingerprint density at radius 2 is 1.53 bits per heavy atom. The van der Waals surface area contributed by atoms with Crippen molar-refractivity contribution in [2.45, 2.75) is 56.4 Å². The molecule has 4 heterocycles. The third-order valence-electron chi connectivity index (χ3n) is 12.7. The molecule has 3 amide bonds. The number of rotatable bonds is 10. The van der Waals surface area contributed by atoms with Crippen LogP contribution in [0.5, 0.6) is 11.5 Å². The number of amides is 3. The number of piperidine rings is 1. The number of hydrogen-bond acceptors (Lipinski definition) is 7. The van der Waals surface area contributed by atoms with Crippen LogP contribution in [0.4, 0.5) is 5.69 Å². The Labute approximate surface area is 322 Å². The largest absolute Gasteiger partial charge is 0.508 e. The number of nitrogens with one attached hydrogen (secondary N) is 1. The number of imide groups is 1. The second-order valence-electron chi connectivity index (χ2n) is 16.1. The first kappa shape index (κ1) is 35.3. The number of carbonyl (C=O) groups excluding carboxylic acids is 3. The molecule has 0 bridgehead atoms. The lowest BCUT2D eigenvalue weighted by molar-refractivity contribution is -0.125. The fourth-order valence-corrected chi connectivity index (χ4v) is 9.90. The number of aryl methyl sites for hydroxylation is 1. The number of fused-ring (bicyclic) bond motifs is 3. The number of aromatic hydroxyl groups is 1.